The molecule has 11 nitrogen and oxygen atoms in total. The van der Waals surface area contributed by atoms with Crippen LogP contribution in [0.5, 0.6) is 0 Å². The average Bonchev–Trinajstić information content (AvgIpc) is 3.21. The molecular formula is C29H45N6O5S+. The van der Waals surface area contributed by atoms with Gasteiger partial charge in [0.15, 0.2) is 0 Å². The van der Waals surface area contributed by atoms with Crippen LogP contribution in [0.15, 0.2) is 29.2 Å². The second kappa shape index (κ2) is 11.9. The number of hydrogen-bond acceptors (Lipinski definition) is 5. The van der Waals surface area contributed by atoms with Crippen LogP contribution >= 0.6 is 0 Å². The number of hydrazine groups is 1. The van der Waals surface area contributed by atoms with Gasteiger partial charge in [0.2, 0.25) is 22.0 Å². The summed E-state index contributed by atoms with van der Waals surface area (Å²) in [6, 6.07) is 5.41. The van der Waals surface area contributed by atoms with Crippen molar-refractivity contribution in [2.75, 3.05) is 45.1 Å². The van der Waals surface area contributed by atoms with Gasteiger partial charge in [0.05, 0.1) is 16.3 Å². The van der Waals surface area contributed by atoms with E-state index in [1.54, 1.807) is 16.4 Å². The summed E-state index contributed by atoms with van der Waals surface area (Å²) in [5.74, 6) is 1.47. The second-order valence-electron chi connectivity index (χ2n) is 12.7. The molecule has 3 amide bonds. The highest BCUT2D eigenvalue weighted by Crippen LogP contribution is 2.42. The summed E-state index contributed by atoms with van der Waals surface area (Å²) >= 11 is 0. The Kier molecular flexibility index (Phi) is 8.61. The highest BCUT2D eigenvalue weighted by atomic mass is 32.2. The lowest BCUT2D eigenvalue weighted by atomic mass is 9.74. The molecule has 2 N–H and O–H groups in total. The van der Waals surface area contributed by atoms with Crippen molar-refractivity contribution in [3.63, 3.8) is 0 Å². The van der Waals surface area contributed by atoms with E-state index in [-0.39, 0.29) is 34.8 Å². The molecule has 6 unspecified atom stereocenters. The van der Waals surface area contributed by atoms with E-state index in [1.807, 2.05) is 16.8 Å². The van der Waals surface area contributed by atoms with Crippen LogP contribution in [0, 0.1) is 34.5 Å². The zero-order valence-corrected chi connectivity index (χ0v) is 25.5. The molecule has 12 heteroatoms. The molecule has 226 valence electrons. The molecule has 0 saturated carbocycles. The number of carbonyl (C=O) groups is 2. The normalized spacial score (nSPS) is 31.6. The smallest absolute Gasteiger partial charge is 0.318 e. The Morgan fingerprint density at radius 1 is 0.902 bits per heavy atom. The lowest BCUT2D eigenvalue weighted by molar-refractivity contribution is -0.716. The number of nitrogens with one attached hydrogen (secondary N) is 2. The maximum Gasteiger partial charge on any atom is 0.318 e. The molecule has 0 bridgehead atoms. The first-order valence-electron chi connectivity index (χ1n) is 15.1. The van der Waals surface area contributed by atoms with Crippen LogP contribution in [-0.4, -0.2) is 91.3 Å². The van der Waals surface area contributed by atoms with Gasteiger partial charge in [-0.05, 0) is 80.0 Å². The van der Waals surface area contributed by atoms with E-state index in [1.165, 1.54) is 19.2 Å². The zero-order chi connectivity index (χ0) is 29.5. The van der Waals surface area contributed by atoms with Crippen molar-refractivity contribution in [2.45, 2.75) is 69.9 Å². The lowest BCUT2D eigenvalue weighted by Crippen LogP contribution is -2.51. The summed E-state index contributed by atoms with van der Waals surface area (Å²) in [5.41, 5.74) is 0.521. The minimum absolute atomic E-state index is 0.0926. The highest BCUT2D eigenvalue weighted by Gasteiger charge is 2.59. The number of piperidine rings is 3. The summed E-state index contributed by atoms with van der Waals surface area (Å²) in [7, 11) is -2.12. The van der Waals surface area contributed by atoms with Gasteiger partial charge in [-0.3, -0.25) is 4.79 Å². The SMILES string of the molecule is CNC(=O)Nc1ccc(S(=O)(=O)N2CCC(C3CCN4C(C3)C(C(=O)N3CC(C)CC(C)C3)C(C)[N+]4=O)CC2)cc1. The van der Waals surface area contributed by atoms with Crippen LogP contribution < -0.4 is 10.6 Å². The van der Waals surface area contributed by atoms with Crippen LogP contribution in [0.25, 0.3) is 0 Å². The van der Waals surface area contributed by atoms with Crippen molar-refractivity contribution in [2.24, 2.45) is 29.6 Å². The number of benzene rings is 1. The molecule has 4 fully saturated rings. The minimum Gasteiger partial charge on any atom is -0.342 e. The van der Waals surface area contributed by atoms with Crippen molar-refractivity contribution in [3.05, 3.63) is 29.2 Å². The predicted molar refractivity (Wildman–Crippen MR) is 155 cm³/mol. The number of rotatable bonds is 5. The Labute approximate surface area is 243 Å². The van der Waals surface area contributed by atoms with Crippen LogP contribution in [0.3, 0.4) is 0 Å². The maximum absolute atomic E-state index is 13.8. The zero-order valence-electron chi connectivity index (χ0n) is 24.7. The number of hydrogen-bond donors (Lipinski definition) is 2. The molecule has 5 rings (SSSR count). The first kappa shape index (κ1) is 29.8. The number of likely N-dealkylation sites (tertiary alicyclic amines) is 1. The molecule has 4 aliphatic rings. The number of urea groups is 1. The Morgan fingerprint density at radius 3 is 2.12 bits per heavy atom. The maximum atomic E-state index is 13.8. The van der Waals surface area contributed by atoms with Gasteiger partial charge < -0.3 is 15.5 Å². The highest BCUT2D eigenvalue weighted by molar-refractivity contribution is 7.89. The predicted octanol–water partition coefficient (Wildman–Crippen LogP) is 3.14. The fraction of sp³-hybridized carbons (Fsp3) is 0.724. The molecule has 0 aliphatic carbocycles. The number of sulfonamides is 1. The van der Waals surface area contributed by atoms with E-state index in [4.69, 9.17) is 0 Å². The van der Waals surface area contributed by atoms with Crippen molar-refractivity contribution < 1.29 is 22.9 Å². The van der Waals surface area contributed by atoms with Gasteiger partial charge in [-0.25, -0.2) is 13.2 Å². The van der Waals surface area contributed by atoms with Gasteiger partial charge in [-0.15, -0.1) is 5.01 Å². The minimum atomic E-state index is -3.64. The van der Waals surface area contributed by atoms with Gasteiger partial charge >= 0.3 is 6.03 Å². The number of nitroso groups, excluding NO2 is 1. The van der Waals surface area contributed by atoms with E-state index in [0.717, 1.165) is 50.1 Å². The topological polar surface area (TPSA) is 122 Å². The number of anilines is 1. The molecule has 41 heavy (non-hydrogen) atoms. The first-order valence-corrected chi connectivity index (χ1v) is 16.5. The fourth-order valence-electron chi connectivity index (χ4n) is 7.78. The molecule has 4 heterocycles. The first-order chi connectivity index (χ1) is 19.5. The third kappa shape index (κ3) is 5.95. The molecule has 0 radical (unpaired) electrons. The third-order valence-corrected chi connectivity index (χ3v) is 11.7. The summed E-state index contributed by atoms with van der Waals surface area (Å²) in [4.78, 5) is 41.7. The molecule has 1 aromatic carbocycles. The van der Waals surface area contributed by atoms with Gasteiger partial charge in [-0.1, -0.05) is 13.8 Å². The molecule has 4 saturated heterocycles. The number of carbonyl (C=O) groups excluding carboxylic acids is 2. The third-order valence-electron chi connectivity index (χ3n) is 9.80. The monoisotopic (exact) mass is 589 g/mol. The molecule has 1 aromatic rings. The number of amides is 3. The largest absolute Gasteiger partial charge is 0.342 e. The van der Waals surface area contributed by atoms with Gasteiger partial charge in [-0.2, -0.15) is 4.31 Å². The second-order valence-corrected chi connectivity index (χ2v) is 14.7. The Morgan fingerprint density at radius 2 is 1.51 bits per heavy atom. The Balaban J connectivity index is 1.21. The lowest BCUT2D eigenvalue weighted by Gasteiger charge is -2.41. The van der Waals surface area contributed by atoms with E-state index in [0.29, 0.717) is 49.0 Å². The average molecular weight is 590 g/mol. The summed E-state index contributed by atoms with van der Waals surface area (Å²) in [6.07, 6.45) is 4.35. The molecule has 6 atom stereocenters. The van der Waals surface area contributed by atoms with Gasteiger partial charge in [0.1, 0.15) is 16.8 Å². The Bertz CT molecular complexity index is 1240. The van der Waals surface area contributed by atoms with E-state index in [9.17, 15) is 22.9 Å². The molecular weight excluding hydrogens is 544 g/mol. The summed E-state index contributed by atoms with van der Waals surface area (Å²) in [5, 5.41) is 7.00. The summed E-state index contributed by atoms with van der Waals surface area (Å²) < 4.78 is 28.2. The fourth-order valence-corrected chi connectivity index (χ4v) is 9.25. The van der Waals surface area contributed by atoms with Crippen LogP contribution in [-0.2, 0) is 14.8 Å². The van der Waals surface area contributed by atoms with Gasteiger partial charge in [0, 0.05) is 45.8 Å². The molecule has 4 aliphatic heterocycles. The van der Waals surface area contributed by atoms with Crippen LogP contribution in [0.2, 0.25) is 0 Å². The standard InChI is InChI=1S/C29H44N6O5S/c1-19-15-20(2)18-32(17-19)28(36)27-21(3)35(38)34-14-11-23(16-26(27)34)22-9-12-33(13-10-22)41(39,40)25-7-5-24(6-8-25)31-29(37)30-4/h5-8,19-23,26-27H,9-18H2,1-4H3,(H-,30,31,37)/p+1. The van der Waals surface area contributed by atoms with Crippen molar-refractivity contribution in [1.82, 2.24) is 19.5 Å². The number of fused-ring (bicyclic) bond motifs is 1. The molecule has 0 aromatic heterocycles. The molecule has 0 spiro atoms. The van der Waals surface area contributed by atoms with Crippen molar-refractivity contribution in [1.29, 1.82) is 0 Å². The van der Waals surface area contributed by atoms with Gasteiger partial charge in [0.25, 0.3) is 0 Å². The summed E-state index contributed by atoms with van der Waals surface area (Å²) in [6.45, 7) is 9.37. The Hall–Kier alpha value is -2.73. The quantitative estimate of drug-likeness (QED) is 0.509. The van der Waals surface area contributed by atoms with Crippen LogP contribution in [0.1, 0.15) is 52.9 Å². The van der Waals surface area contributed by atoms with Crippen molar-refractivity contribution in [3.8, 4) is 0 Å². The number of nitrogens with zero attached hydrogens (tertiary/aromatic N) is 4. The van der Waals surface area contributed by atoms with Crippen LogP contribution in [0.4, 0.5) is 10.5 Å². The van der Waals surface area contributed by atoms with E-state index < -0.39 is 10.0 Å². The van der Waals surface area contributed by atoms with E-state index >= 15 is 0 Å². The van der Waals surface area contributed by atoms with Crippen molar-refractivity contribution >= 4 is 27.6 Å². The van der Waals surface area contributed by atoms with E-state index in [2.05, 4.69) is 24.5 Å².